The van der Waals surface area contributed by atoms with Crippen LogP contribution in [-0.4, -0.2) is 17.6 Å². The molecule has 0 radical (unpaired) electrons. The van der Waals surface area contributed by atoms with Gasteiger partial charge in [0.05, 0.1) is 17.6 Å². The van der Waals surface area contributed by atoms with Crippen molar-refractivity contribution in [3.63, 3.8) is 0 Å². The summed E-state index contributed by atoms with van der Waals surface area (Å²) in [6.07, 6.45) is 2.16. The lowest BCUT2D eigenvalue weighted by Crippen LogP contribution is -2.25. The van der Waals surface area contributed by atoms with Crippen LogP contribution < -0.4 is 10.1 Å². The van der Waals surface area contributed by atoms with Crippen LogP contribution in [0.3, 0.4) is 0 Å². The second-order valence-electron chi connectivity index (χ2n) is 4.92. The molecule has 0 amide bonds. The first-order chi connectivity index (χ1) is 9.51. The molecule has 1 atom stereocenters. The Morgan fingerprint density at radius 3 is 2.40 bits per heavy atom. The SMILES string of the molecule is CCOc1cc(NC(C)C(CC)CC)cc([N+](=O)[O-])c1. The first-order valence-corrected chi connectivity index (χ1v) is 7.20. The first-order valence-electron chi connectivity index (χ1n) is 7.20. The highest BCUT2D eigenvalue weighted by Crippen LogP contribution is 2.28. The smallest absolute Gasteiger partial charge is 0.275 e. The second-order valence-corrected chi connectivity index (χ2v) is 4.92. The zero-order valence-electron chi connectivity index (χ0n) is 12.7. The summed E-state index contributed by atoms with van der Waals surface area (Å²) in [5, 5.41) is 14.3. The molecular weight excluding hydrogens is 256 g/mol. The fourth-order valence-electron chi connectivity index (χ4n) is 2.40. The average molecular weight is 280 g/mol. The van der Waals surface area contributed by atoms with Crippen LogP contribution in [0.5, 0.6) is 5.75 Å². The Morgan fingerprint density at radius 2 is 1.90 bits per heavy atom. The van der Waals surface area contributed by atoms with Gasteiger partial charge in [0, 0.05) is 23.9 Å². The summed E-state index contributed by atoms with van der Waals surface area (Å²) in [4.78, 5) is 10.6. The Kier molecular flexibility index (Phi) is 6.28. The number of nitro benzene ring substituents is 1. The third kappa shape index (κ3) is 4.40. The molecule has 112 valence electrons. The number of rotatable bonds is 8. The molecule has 1 rings (SSSR count). The lowest BCUT2D eigenvalue weighted by Gasteiger charge is -2.23. The fraction of sp³-hybridized carbons (Fsp3) is 0.600. The molecule has 0 aromatic heterocycles. The van der Waals surface area contributed by atoms with Crippen molar-refractivity contribution >= 4 is 11.4 Å². The maximum atomic E-state index is 11.0. The van der Waals surface area contributed by atoms with Crippen LogP contribution in [0.15, 0.2) is 18.2 Å². The van der Waals surface area contributed by atoms with Crippen molar-refractivity contribution < 1.29 is 9.66 Å². The van der Waals surface area contributed by atoms with Crippen LogP contribution in [0.4, 0.5) is 11.4 Å². The van der Waals surface area contributed by atoms with E-state index in [0.717, 1.165) is 18.5 Å². The number of nitrogens with one attached hydrogen (secondary N) is 1. The predicted octanol–water partition coefficient (Wildman–Crippen LogP) is 4.23. The van der Waals surface area contributed by atoms with Crippen LogP contribution in [-0.2, 0) is 0 Å². The Labute approximate surface area is 120 Å². The number of non-ortho nitro benzene ring substituents is 1. The minimum atomic E-state index is -0.393. The van der Waals surface area contributed by atoms with Crippen LogP contribution in [0, 0.1) is 16.0 Å². The zero-order chi connectivity index (χ0) is 15.1. The Morgan fingerprint density at radius 1 is 1.25 bits per heavy atom. The molecular formula is C15H24N2O3. The standard InChI is InChI=1S/C15H24N2O3/c1-5-12(6-2)11(4)16-13-8-14(17(18)19)10-15(9-13)20-7-3/h8-12,16H,5-7H2,1-4H3. The number of anilines is 1. The summed E-state index contributed by atoms with van der Waals surface area (Å²) in [6.45, 7) is 8.77. The highest BCUT2D eigenvalue weighted by Gasteiger charge is 2.16. The van der Waals surface area contributed by atoms with Gasteiger partial charge >= 0.3 is 0 Å². The molecule has 0 heterocycles. The van der Waals surface area contributed by atoms with Gasteiger partial charge in [0.15, 0.2) is 0 Å². The topological polar surface area (TPSA) is 64.4 Å². The molecule has 1 aromatic carbocycles. The van der Waals surface area contributed by atoms with Gasteiger partial charge in [-0.15, -0.1) is 0 Å². The van der Waals surface area contributed by atoms with Gasteiger partial charge in [-0.1, -0.05) is 26.7 Å². The third-order valence-corrected chi connectivity index (χ3v) is 3.56. The van der Waals surface area contributed by atoms with Crippen molar-refractivity contribution in [1.29, 1.82) is 0 Å². The maximum absolute atomic E-state index is 11.0. The highest BCUT2D eigenvalue weighted by atomic mass is 16.6. The van der Waals surface area contributed by atoms with E-state index in [-0.39, 0.29) is 11.7 Å². The van der Waals surface area contributed by atoms with E-state index in [0.29, 0.717) is 18.3 Å². The summed E-state index contributed by atoms with van der Waals surface area (Å²) < 4.78 is 5.39. The lowest BCUT2D eigenvalue weighted by atomic mass is 9.95. The molecule has 0 aliphatic rings. The van der Waals surface area contributed by atoms with Gasteiger partial charge in [0.2, 0.25) is 0 Å². The van der Waals surface area contributed by atoms with E-state index < -0.39 is 4.92 Å². The molecule has 0 saturated carbocycles. The van der Waals surface area contributed by atoms with Crippen LogP contribution in [0.2, 0.25) is 0 Å². The van der Waals surface area contributed by atoms with Gasteiger partial charge in [0.1, 0.15) is 5.75 Å². The van der Waals surface area contributed by atoms with E-state index in [2.05, 4.69) is 26.1 Å². The van der Waals surface area contributed by atoms with Crippen molar-refractivity contribution in [2.75, 3.05) is 11.9 Å². The van der Waals surface area contributed by atoms with Gasteiger partial charge in [-0.25, -0.2) is 0 Å². The molecule has 20 heavy (non-hydrogen) atoms. The monoisotopic (exact) mass is 280 g/mol. The molecule has 0 fully saturated rings. The summed E-state index contributed by atoms with van der Waals surface area (Å²) in [5.41, 5.74) is 0.789. The number of ether oxygens (including phenoxy) is 1. The molecule has 1 aromatic rings. The van der Waals surface area contributed by atoms with E-state index in [9.17, 15) is 10.1 Å². The predicted molar refractivity (Wildman–Crippen MR) is 81.4 cm³/mol. The van der Waals surface area contributed by atoms with Gasteiger partial charge in [0.25, 0.3) is 5.69 Å². The largest absolute Gasteiger partial charge is 0.494 e. The third-order valence-electron chi connectivity index (χ3n) is 3.56. The Balaban J connectivity index is 2.95. The number of hydrogen-bond donors (Lipinski definition) is 1. The normalized spacial score (nSPS) is 12.2. The molecule has 0 aliphatic heterocycles. The van der Waals surface area contributed by atoms with E-state index >= 15 is 0 Å². The van der Waals surface area contributed by atoms with Gasteiger partial charge in [-0.2, -0.15) is 0 Å². The Bertz CT molecular complexity index is 445. The summed E-state index contributed by atoms with van der Waals surface area (Å²) in [5.74, 6) is 1.07. The molecule has 0 spiro atoms. The number of hydrogen-bond acceptors (Lipinski definition) is 4. The molecule has 1 unspecified atom stereocenters. The zero-order valence-corrected chi connectivity index (χ0v) is 12.7. The van der Waals surface area contributed by atoms with E-state index in [1.165, 1.54) is 6.07 Å². The van der Waals surface area contributed by atoms with Gasteiger partial charge in [-0.05, 0) is 19.8 Å². The fourth-order valence-corrected chi connectivity index (χ4v) is 2.40. The quantitative estimate of drug-likeness (QED) is 0.571. The molecule has 0 bridgehead atoms. The molecule has 1 N–H and O–H groups in total. The Hall–Kier alpha value is -1.78. The lowest BCUT2D eigenvalue weighted by molar-refractivity contribution is -0.384. The molecule has 5 nitrogen and oxygen atoms in total. The van der Waals surface area contributed by atoms with Gasteiger partial charge < -0.3 is 10.1 Å². The molecule has 0 aliphatic carbocycles. The van der Waals surface area contributed by atoms with Crippen molar-refractivity contribution in [3.8, 4) is 5.75 Å². The van der Waals surface area contributed by atoms with Crippen molar-refractivity contribution in [1.82, 2.24) is 0 Å². The van der Waals surface area contributed by atoms with Crippen molar-refractivity contribution in [2.24, 2.45) is 5.92 Å². The van der Waals surface area contributed by atoms with E-state index in [1.54, 1.807) is 6.07 Å². The van der Waals surface area contributed by atoms with Crippen molar-refractivity contribution in [3.05, 3.63) is 28.3 Å². The number of nitro groups is 1. The van der Waals surface area contributed by atoms with Crippen LogP contribution >= 0.6 is 0 Å². The maximum Gasteiger partial charge on any atom is 0.275 e. The minimum absolute atomic E-state index is 0.0511. The van der Waals surface area contributed by atoms with E-state index in [1.807, 2.05) is 13.0 Å². The number of benzene rings is 1. The second kappa shape index (κ2) is 7.72. The van der Waals surface area contributed by atoms with Crippen molar-refractivity contribution in [2.45, 2.75) is 46.6 Å². The van der Waals surface area contributed by atoms with Crippen LogP contribution in [0.25, 0.3) is 0 Å². The summed E-state index contributed by atoms with van der Waals surface area (Å²) in [6, 6.07) is 5.09. The molecule has 0 saturated heterocycles. The van der Waals surface area contributed by atoms with Gasteiger partial charge in [-0.3, -0.25) is 10.1 Å². The minimum Gasteiger partial charge on any atom is -0.494 e. The van der Waals surface area contributed by atoms with E-state index in [4.69, 9.17) is 4.74 Å². The molecule has 5 heteroatoms. The summed E-state index contributed by atoms with van der Waals surface area (Å²) >= 11 is 0. The summed E-state index contributed by atoms with van der Waals surface area (Å²) in [7, 11) is 0. The first kappa shape index (κ1) is 16.3. The number of nitrogens with zero attached hydrogens (tertiary/aromatic N) is 1. The highest BCUT2D eigenvalue weighted by molar-refractivity contribution is 5.56. The van der Waals surface area contributed by atoms with Crippen LogP contribution in [0.1, 0.15) is 40.5 Å². The average Bonchev–Trinajstić information content (AvgIpc) is 2.40.